The number of aromatic nitrogens is 4. The molecule has 0 bridgehead atoms. The van der Waals surface area contributed by atoms with Crippen LogP contribution in [0.2, 0.25) is 0 Å². The molecule has 6 rings (SSSR count). The van der Waals surface area contributed by atoms with Crippen molar-refractivity contribution in [1.82, 2.24) is 25.1 Å². The number of alkyl halides is 2. The van der Waals surface area contributed by atoms with Crippen molar-refractivity contribution in [3.05, 3.63) is 94.6 Å². The number of fused-ring (bicyclic) bond motifs is 1. The van der Waals surface area contributed by atoms with Gasteiger partial charge in [0.05, 0.1) is 35.0 Å². The van der Waals surface area contributed by atoms with Gasteiger partial charge in [-0.1, -0.05) is 6.07 Å². The SMILES string of the molecule is Cc1cc(Oc2c(F)cccc2F)ncc1-n1ncc(C(=O)c2cc3cc(OC(F)F)c(C4CCNCC4)cc3[nH]2)c1C. The molecule has 5 aromatic rings. The van der Waals surface area contributed by atoms with Crippen LogP contribution in [-0.2, 0) is 0 Å². The first kappa shape index (κ1) is 28.4. The maximum atomic E-state index is 14.0. The Hall–Kier alpha value is -4.71. The normalized spacial score (nSPS) is 14.0. The molecule has 0 unspecified atom stereocenters. The van der Waals surface area contributed by atoms with Gasteiger partial charge < -0.3 is 19.8 Å². The zero-order valence-electron chi connectivity index (χ0n) is 23.3. The number of hydrogen-bond donors (Lipinski definition) is 2. The van der Waals surface area contributed by atoms with E-state index in [0.717, 1.165) is 38.1 Å². The van der Waals surface area contributed by atoms with Crippen LogP contribution in [0, 0.1) is 25.5 Å². The third-order valence-electron chi connectivity index (χ3n) is 7.66. The second-order valence-electron chi connectivity index (χ2n) is 10.4. The monoisotopic (exact) mass is 593 g/mol. The number of carbonyl (C=O) groups is 1. The van der Waals surface area contributed by atoms with Gasteiger partial charge in [-0.3, -0.25) is 4.79 Å². The maximum Gasteiger partial charge on any atom is 0.387 e. The molecule has 4 heterocycles. The van der Waals surface area contributed by atoms with Gasteiger partial charge in [-0.15, -0.1) is 0 Å². The van der Waals surface area contributed by atoms with Crippen molar-refractivity contribution < 1.29 is 31.8 Å². The van der Waals surface area contributed by atoms with Crippen LogP contribution >= 0.6 is 0 Å². The first-order chi connectivity index (χ1) is 20.7. The lowest BCUT2D eigenvalue weighted by atomic mass is 9.89. The average Bonchev–Trinajstić information content (AvgIpc) is 3.57. The van der Waals surface area contributed by atoms with Gasteiger partial charge >= 0.3 is 6.61 Å². The second-order valence-corrected chi connectivity index (χ2v) is 10.4. The van der Waals surface area contributed by atoms with Crippen LogP contribution in [0.1, 0.15) is 51.6 Å². The fourth-order valence-corrected chi connectivity index (χ4v) is 5.45. The summed E-state index contributed by atoms with van der Waals surface area (Å²) >= 11 is 0. The van der Waals surface area contributed by atoms with Crippen molar-refractivity contribution in [2.24, 2.45) is 0 Å². The number of halogens is 4. The molecule has 2 N–H and O–H groups in total. The molecule has 1 aliphatic heterocycles. The summed E-state index contributed by atoms with van der Waals surface area (Å²) in [6.45, 7) is 2.07. The van der Waals surface area contributed by atoms with Gasteiger partial charge in [0.15, 0.2) is 11.6 Å². The zero-order chi connectivity index (χ0) is 30.2. The van der Waals surface area contributed by atoms with E-state index in [1.165, 1.54) is 29.2 Å². The van der Waals surface area contributed by atoms with E-state index < -0.39 is 24.0 Å². The van der Waals surface area contributed by atoms with Crippen LogP contribution in [0.15, 0.2) is 54.9 Å². The lowest BCUT2D eigenvalue weighted by Gasteiger charge is -2.25. The van der Waals surface area contributed by atoms with Crippen molar-refractivity contribution in [2.45, 2.75) is 39.2 Å². The predicted octanol–water partition coefficient (Wildman–Crippen LogP) is 6.74. The smallest absolute Gasteiger partial charge is 0.387 e. The van der Waals surface area contributed by atoms with Gasteiger partial charge in [-0.25, -0.2) is 18.4 Å². The van der Waals surface area contributed by atoms with Crippen LogP contribution < -0.4 is 14.8 Å². The number of benzene rings is 2. The third-order valence-corrected chi connectivity index (χ3v) is 7.66. The van der Waals surface area contributed by atoms with Crippen molar-refractivity contribution in [3.8, 4) is 23.1 Å². The third kappa shape index (κ3) is 5.57. The highest BCUT2D eigenvalue weighted by Gasteiger charge is 2.24. The highest BCUT2D eigenvalue weighted by atomic mass is 19.3. The number of pyridine rings is 1. The number of H-pyrrole nitrogens is 1. The molecule has 222 valence electrons. The van der Waals surface area contributed by atoms with Gasteiger partial charge in [0.25, 0.3) is 0 Å². The second kappa shape index (κ2) is 11.5. The minimum atomic E-state index is -2.97. The molecular formula is C31H27F4N5O3. The quantitative estimate of drug-likeness (QED) is 0.153. The fraction of sp³-hybridized carbons (Fsp3) is 0.258. The summed E-state index contributed by atoms with van der Waals surface area (Å²) in [4.78, 5) is 20.9. The fourth-order valence-electron chi connectivity index (χ4n) is 5.45. The van der Waals surface area contributed by atoms with Crippen molar-refractivity contribution >= 4 is 16.7 Å². The van der Waals surface area contributed by atoms with Crippen molar-refractivity contribution in [3.63, 3.8) is 0 Å². The van der Waals surface area contributed by atoms with Crippen LogP contribution in [0.5, 0.6) is 17.4 Å². The molecule has 1 fully saturated rings. The van der Waals surface area contributed by atoms with Crippen LogP contribution in [0.4, 0.5) is 17.6 Å². The maximum absolute atomic E-state index is 14.0. The number of piperidine rings is 1. The van der Waals surface area contributed by atoms with E-state index in [4.69, 9.17) is 9.47 Å². The number of rotatable bonds is 8. The first-order valence-electron chi connectivity index (χ1n) is 13.7. The van der Waals surface area contributed by atoms with E-state index in [-0.39, 0.29) is 29.0 Å². The minimum absolute atomic E-state index is 0.0107. The number of carbonyl (C=O) groups excluding carboxylic acids is 1. The molecule has 43 heavy (non-hydrogen) atoms. The molecule has 0 spiro atoms. The molecule has 0 atom stereocenters. The molecular weight excluding hydrogens is 566 g/mol. The van der Waals surface area contributed by atoms with Crippen LogP contribution in [0.3, 0.4) is 0 Å². The highest BCUT2D eigenvalue weighted by molar-refractivity contribution is 6.10. The van der Waals surface area contributed by atoms with Gasteiger partial charge in [-0.2, -0.15) is 13.9 Å². The Balaban J connectivity index is 1.28. The Morgan fingerprint density at radius 1 is 1.05 bits per heavy atom. The zero-order valence-corrected chi connectivity index (χ0v) is 23.3. The summed E-state index contributed by atoms with van der Waals surface area (Å²) in [6, 6.07) is 9.88. The van der Waals surface area contributed by atoms with Gasteiger partial charge in [-0.05, 0) is 87.2 Å². The van der Waals surface area contributed by atoms with E-state index in [1.54, 1.807) is 32.0 Å². The topological polar surface area (TPSA) is 94.1 Å². The Morgan fingerprint density at radius 2 is 1.79 bits per heavy atom. The summed E-state index contributed by atoms with van der Waals surface area (Å²) < 4.78 is 66.3. The van der Waals surface area contributed by atoms with E-state index >= 15 is 0 Å². The number of nitrogens with zero attached hydrogens (tertiary/aromatic N) is 3. The summed E-state index contributed by atoms with van der Waals surface area (Å²) in [6.07, 6.45) is 4.45. The lowest BCUT2D eigenvalue weighted by molar-refractivity contribution is -0.0506. The summed E-state index contributed by atoms with van der Waals surface area (Å²) in [7, 11) is 0. The Morgan fingerprint density at radius 3 is 2.49 bits per heavy atom. The number of ketones is 1. The minimum Gasteiger partial charge on any atom is -0.435 e. The molecule has 2 aromatic carbocycles. The molecule has 0 radical (unpaired) electrons. The molecule has 1 saturated heterocycles. The van der Waals surface area contributed by atoms with E-state index in [2.05, 4.69) is 20.4 Å². The highest BCUT2D eigenvalue weighted by Crippen LogP contribution is 2.37. The van der Waals surface area contributed by atoms with Crippen molar-refractivity contribution in [2.75, 3.05) is 13.1 Å². The molecule has 0 amide bonds. The molecule has 8 nitrogen and oxygen atoms in total. The molecule has 1 aliphatic rings. The van der Waals surface area contributed by atoms with Gasteiger partial charge in [0.1, 0.15) is 5.75 Å². The number of aryl methyl sites for hydroxylation is 1. The molecule has 0 saturated carbocycles. The van der Waals surface area contributed by atoms with Crippen molar-refractivity contribution in [1.29, 1.82) is 0 Å². The van der Waals surface area contributed by atoms with Gasteiger partial charge in [0, 0.05) is 17.0 Å². The summed E-state index contributed by atoms with van der Waals surface area (Å²) in [5.41, 5.74) is 3.62. The molecule has 12 heteroatoms. The number of para-hydroxylation sites is 1. The summed E-state index contributed by atoms with van der Waals surface area (Å²) in [5.74, 6) is -2.44. The number of aromatic amines is 1. The molecule has 0 aliphatic carbocycles. The average molecular weight is 594 g/mol. The van der Waals surface area contributed by atoms with Crippen LogP contribution in [0.25, 0.3) is 16.6 Å². The molecule has 3 aromatic heterocycles. The number of hydrogen-bond acceptors (Lipinski definition) is 6. The predicted molar refractivity (Wildman–Crippen MR) is 150 cm³/mol. The van der Waals surface area contributed by atoms with E-state index in [0.29, 0.717) is 39.0 Å². The largest absolute Gasteiger partial charge is 0.435 e. The standard InChI is InChI=1S/C31H27F4N5O3/c1-16-10-28(43-30-22(32)4-3-5-23(30)33)37-15-26(16)40-17(2)21(14-38-40)29(41)25-11-19-12-27(42-31(34)35)20(13-24(19)39-25)18-6-8-36-9-7-18/h3-5,10-15,18,31,36,39H,6-9H2,1-2H3. The van der Waals surface area contributed by atoms with E-state index in [1.807, 2.05) is 0 Å². The lowest BCUT2D eigenvalue weighted by Crippen LogP contribution is -2.27. The summed E-state index contributed by atoms with van der Waals surface area (Å²) in [5, 5.41) is 8.23. The number of nitrogens with one attached hydrogen (secondary N) is 2. The number of ether oxygens (including phenoxy) is 2. The Bertz CT molecular complexity index is 1810. The van der Waals surface area contributed by atoms with E-state index in [9.17, 15) is 22.4 Å². The Labute approximate surface area is 243 Å². The van der Waals surface area contributed by atoms with Crippen LogP contribution in [-0.4, -0.2) is 45.2 Å². The first-order valence-corrected chi connectivity index (χ1v) is 13.7. The van der Waals surface area contributed by atoms with Gasteiger partial charge in [0.2, 0.25) is 17.4 Å². The Kier molecular flexibility index (Phi) is 7.61.